The second kappa shape index (κ2) is 5.79. The minimum Gasteiger partial charge on any atom is -0.478 e. The van der Waals surface area contributed by atoms with Crippen LogP contribution in [-0.4, -0.2) is 30.2 Å². The number of anilines is 1. The van der Waals surface area contributed by atoms with E-state index < -0.39 is 11.8 Å². The van der Waals surface area contributed by atoms with E-state index in [-0.39, 0.29) is 23.1 Å². The number of ether oxygens (including phenoxy) is 1. The highest BCUT2D eigenvalue weighted by molar-refractivity contribution is 5.94. The van der Waals surface area contributed by atoms with Gasteiger partial charge in [-0.05, 0) is 31.0 Å². The minimum atomic E-state index is -1.21. The standard InChI is InChI=1S/C13H14FNO4/c14-10-7-9(13(17)18)1-2-11(10)15-12(16)8-3-5-19-6-4-8/h1-2,7-8H,3-6H2,(H,15,16)(H,17,18). The lowest BCUT2D eigenvalue weighted by Crippen LogP contribution is -2.28. The van der Waals surface area contributed by atoms with Crippen LogP contribution in [0.5, 0.6) is 0 Å². The van der Waals surface area contributed by atoms with Crippen LogP contribution in [0.2, 0.25) is 0 Å². The first-order chi connectivity index (χ1) is 9.08. The number of carbonyl (C=O) groups is 2. The summed E-state index contributed by atoms with van der Waals surface area (Å²) in [5, 5.41) is 11.2. The predicted molar refractivity (Wildman–Crippen MR) is 65.5 cm³/mol. The largest absolute Gasteiger partial charge is 0.478 e. The molecule has 1 amide bonds. The van der Waals surface area contributed by atoms with Gasteiger partial charge < -0.3 is 15.2 Å². The molecule has 0 aliphatic carbocycles. The Kier molecular flexibility index (Phi) is 4.11. The molecule has 0 bridgehead atoms. The molecule has 1 aromatic carbocycles. The van der Waals surface area contributed by atoms with Crippen LogP contribution in [0.25, 0.3) is 0 Å². The lowest BCUT2D eigenvalue weighted by Gasteiger charge is -2.21. The zero-order chi connectivity index (χ0) is 13.8. The van der Waals surface area contributed by atoms with Crippen LogP contribution < -0.4 is 5.32 Å². The average molecular weight is 267 g/mol. The van der Waals surface area contributed by atoms with Gasteiger partial charge in [0.05, 0.1) is 11.3 Å². The van der Waals surface area contributed by atoms with Crippen LogP contribution >= 0.6 is 0 Å². The number of carbonyl (C=O) groups excluding carboxylic acids is 1. The van der Waals surface area contributed by atoms with Crippen LogP contribution in [0.1, 0.15) is 23.2 Å². The molecule has 1 saturated heterocycles. The molecule has 0 saturated carbocycles. The summed E-state index contributed by atoms with van der Waals surface area (Å²) in [5.74, 6) is -2.40. The fourth-order valence-corrected chi connectivity index (χ4v) is 1.94. The van der Waals surface area contributed by atoms with Crippen molar-refractivity contribution in [1.29, 1.82) is 0 Å². The number of nitrogens with one attached hydrogen (secondary N) is 1. The highest BCUT2D eigenvalue weighted by Crippen LogP contribution is 2.20. The molecular weight excluding hydrogens is 253 g/mol. The van der Waals surface area contributed by atoms with Crippen molar-refractivity contribution in [3.05, 3.63) is 29.6 Å². The van der Waals surface area contributed by atoms with Crippen LogP contribution in [-0.2, 0) is 9.53 Å². The number of carboxylic acid groups (broad SMARTS) is 1. The van der Waals surface area contributed by atoms with E-state index in [9.17, 15) is 14.0 Å². The van der Waals surface area contributed by atoms with Gasteiger partial charge in [0, 0.05) is 19.1 Å². The van der Waals surface area contributed by atoms with E-state index >= 15 is 0 Å². The van der Waals surface area contributed by atoms with Gasteiger partial charge in [-0.25, -0.2) is 9.18 Å². The van der Waals surface area contributed by atoms with E-state index in [2.05, 4.69) is 5.32 Å². The van der Waals surface area contributed by atoms with E-state index in [1.54, 1.807) is 0 Å². The maximum absolute atomic E-state index is 13.6. The number of rotatable bonds is 3. The first kappa shape index (κ1) is 13.5. The molecule has 5 nitrogen and oxygen atoms in total. The van der Waals surface area contributed by atoms with E-state index in [0.29, 0.717) is 26.1 Å². The third-order valence-corrected chi connectivity index (χ3v) is 3.07. The molecule has 2 rings (SSSR count). The highest BCUT2D eigenvalue weighted by Gasteiger charge is 2.22. The Bertz CT molecular complexity index is 497. The summed E-state index contributed by atoms with van der Waals surface area (Å²) in [5.41, 5.74) is -0.150. The second-order valence-electron chi connectivity index (χ2n) is 4.38. The third-order valence-electron chi connectivity index (χ3n) is 3.07. The first-order valence-corrected chi connectivity index (χ1v) is 5.99. The van der Waals surface area contributed by atoms with Gasteiger partial charge in [-0.3, -0.25) is 4.79 Å². The maximum Gasteiger partial charge on any atom is 0.335 e. The Morgan fingerprint density at radius 3 is 2.58 bits per heavy atom. The molecular formula is C13H14FNO4. The van der Waals surface area contributed by atoms with Crippen LogP contribution in [0.15, 0.2) is 18.2 Å². The summed E-state index contributed by atoms with van der Waals surface area (Å²) < 4.78 is 18.8. The molecule has 1 aromatic rings. The number of benzene rings is 1. The quantitative estimate of drug-likeness (QED) is 0.876. The molecule has 102 valence electrons. The molecule has 0 radical (unpaired) electrons. The summed E-state index contributed by atoms with van der Waals surface area (Å²) in [6.07, 6.45) is 1.22. The topological polar surface area (TPSA) is 75.6 Å². The molecule has 19 heavy (non-hydrogen) atoms. The van der Waals surface area contributed by atoms with Crippen LogP contribution in [0.3, 0.4) is 0 Å². The monoisotopic (exact) mass is 267 g/mol. The normalized spacial score (nSPS) is 16.1. The molecule has 1 aliphatic heterocycles. The second-order valence-corrected chi connectivity index (χ2v) is 4.38. The SMILES string of the molecule is O=C(O)c1ccc(NC(=O)C2CCOCC2)c(F)c1. The van der Waals surface area contributed by atoms with Crippen LogP contribution in [0, 0.1) is 11.7 Å². The molecule has 1 heterocycles. The predicted octanol–water partition coefficient (Wildman–Crippen LogP) is 1.89. The summed E-state index contributed by atoms with van der Waals surface area (Å²) >= 11 is 0. The van der Waals surface area contributed by atoms with Gasteiger partial charge in [-0.1, -0.05) is 0 Å². The van der Waals surface area contributed by atoms with E-state index in [4.69, 9.17) is 9.84 Å². The molecule has 0 aromatic heterocycles. The first-order valence-electron chi connectivity index (χ1n) is 5.99. The summed E-state index contributed by atoms with van der Waals surface area (Å²) in [6.45, 7) is 1.05. The van der Waals surface area contributed by atoms with Crippen molar-refractivity contribution < 1.29 is 23.8 Å². The third kappa shape index (κ3) is 3.29. The lowest BCUT2D eigenvalue weighted by molar-refractivity contribution is -0.122. The number of hydrogen-bond acceptors (Lipinski definition) is 3. The zero-order valence-electron chi connectivity index (χ0n) is 10.2. The Morgan fingerprint density at radius 1 is 1.32 bits per heavy atom. The zero-order valence-corrected chi connectivity index (χ0v) is 10.2. The van der Waals surface area contributed by atoms with Gasteiger partial charge in [-0.15, -0.1) is 0 Å². The van der Waals surface area contributed by atoms with Gasteiger partial charge in [0.2, 0.25) is 5.91 Å². The van der Waals surface area contributed by atoms with Gasteiger partial charge in [0.15, 0.2) is 0 Å². The molecule has 6 heteroatoms. The summed E-state index contributed by atoms with van der Waals surface area (Å²) in [6, 6.07) is 3.41. The molecule has 0 atom stereocenters. The summed E-state index contributed by atoms with van der Waals surface area (Å²) in [7, 11) is 0. The molecule has 1 aliphatic rings. The van der Waals surface area contributed by atoms with Crippen molar-refractivity contribution in [2.75, 3.05) is 18.5 Å². The Morgan fingerprint density at radius 2 is 2.00 bits per heavy atom. The maximum atomic E-state index is 13.6. The Hall–Kier alpha value is -1.95. The molecule has 1 fully saturated rings. The van der Waals surface area contributed by atoms with Crippen LogP contribution in [0.4, 0.5) is 10.1 Å². The molecule has 2 N–H and O–H groups in total. The number of amides is 1. The molecule has 0 unspecified atom stereocenters. The summed E-state index contributed by atoms with van der Waals surface area (Å²) in [4.78, 5) is 22.6. The fourth-order valence-electron chi connectivity index (χ4n) is 1.94. The van der Waals surface area contributed by atoms with E-state index in [0.717, 1.165) is 6.07 Å². The number of halogens is 1. The van der Waals surface area contributed by atoms with Crippen molar-refractivity contribution in [2.45, 2.75) is 12.8 Å². The Labute approximate surface area is 109 Å². The van der Waals surface area contributed by atoms with Crippen molar-refractivity contribution in [2.24, 2.45) is 5.92 Å². The highest BCUT2D eigenvalue weighted by atomic mass is 19.1. The van der Waals surface area contributed by atoms with Gasteiger partial charge in [-0.2, -0.15) is 0 Å². The van der Waals surface area contributed by atoms with Gasteiger partial charge >= 0.3 is 5.97 Å². The van der Waals surface area contributed by atoms with Crippen molar-refractivity contribution in [3.8, 4) is 0 Å². The fraction of sp³-hybridized carbons (Fsp3) is 0.385. The Balaban J connectivity index is 2.06. The van der Waals surface area contributed by atoms with E-state index in [1.807, 2.05) is 0 Å². The van der Waals surface area contributed by atoms with Crippen molar-refractivity contribution in [3.63, 3.8) is 0 Å². The minimum absolute atomic E-state index is 0.00138. The lowest BCUT2D eigenvalue weighted by atomic mass is 9.99. The smallest absolute Gasteiger partial charge is 0.335 e. The van der Waals surface area contributed by atoms with E-state index in [1.165, 1.54) is 12.1 Å². The average Bonchev–Trinajstić information content (AvgIpc) is 2.41. The van der Waals surface area contributed by atoms with Crippen molar-refractivity contribution in [1.82, 2.24) is 0 Å². The van der Waals surface area contributed by atoms with Gasteiger partial charge in [0.25, 0.3) is 0 Å². The number of aromatic carboxylic acids is 1. The number of hydrogen-bond donors (Lipinski definition) is 2. The number of carboxylic acids is 1. The molecule has 0 spiro atoms. The van der Waals surface area contributed by atoms with Crippen molar-refractivity contribution >= 4 is 17.6 Å². The van der Waals surface area contributed by atoms with Gasteiger partial charge in [0.1, 0.15) is 5.82 Å².